The van der Waals surface area contributed by atoms with Crippen LogP contribution in [0.5, 0.6) is 11.5 Å². The molecule has 11 aromatic rings. The van der Waals surface area contributed by atoms with Crippen LogP contribution < -0.4 is 26.0 Å². The van der Waals surface area contributed by atoms with Crippen molar-refractivity contribution in [2.24, 2.45) is 0 Å². The van der Waals surface area contributed by atoms with Gasteiger partial charge >= 0.3 is 0 Å². The Kier molecular flexibility index (Phi) is 8.30. The second-order valence-corrected chi connectivity index (χ2v) is 18.4. The standard InChI is InChI=1S/C62H44BNO/c1-39-18-7-14-30-54(39)63(55-31-15-20-40-19-8-9-23-43(40)55)56-38-51-48-27-17-33-58-60(48)52(37-50(51)44-24-10-11-26-46(44)56)47-35-34-42(36-59(47)65-58)64(41-21-5-4-6-22-41)57-32-16-28-49-45-25-12-13-29-53(45)62(2,3)61(49)57/h4-38H,1-3H3. The molecule has 11 aromatic carbocycles. The van der Waals surface area contributed by atoms with Crippen molar-refractivity contribution in [3.63, 3.8) is 0 Å². The van der Waals surface area contributed by atoms with Crippen LogP contribution in [-0.2, 0) is 5.41 Å². The average Bonchev–Trinajstić information content (AvgIpc) is 3.59. The van der Waals surface area contributed by atoms with Crippen molar-refractivity contribution >= 4 is 83.3 Å². The van der Waals surface area contributed by atoms with Crippen LogP contribution in [0.15, 0.2) is 212 Å². The molecule has 0 amide bonds. The second kappa shape index (κ2) is 14.3. The fraction of sp³-hybridized carbons (Fsp3) is 0.0645. The quantitative estimate of drug-likeness (QED) is 0.122. The largest absolute Gasteiger partial charge is 0.456 e. The third kappa shape index (κ3) is 5.61. The number of fused-ring (bicyclic) bond motifs is 10. The van der Waals surface area contributed by atoms with E-state index < -0.39 is 0 Å². The van der Waals surface area contributed by atoms with Crippen molar-refractivity contribution in [2.45, 2.75) is 26.2 Å². The first-order chi connectivity index (χ1) is 31.9. The molecule has 0 N–H and O–H groups in total. The molecule has 0 fully saturated rings. The predicted octanol–water partition coefficient (Wildman–Crippen LogP) is 14.7. The first-order valence-corrected chi connectivity index (χ1v) is 22.8. The summed E-state index contributed by atoms with van der Waals surface area (Å²) in [7, 11) is 0. The van der Waals surface area contributed by atoms with Crippen LogP contribution in [0.25, 0.3) is 65.3 Å². The van der Waals surface area contributed by atoms with E-state index in [0.29, 0.717) is 0 Å². The molecular weight excluding hydrogens is 785 g/mol. The van der Waals surface area contributed by atoms with Gasteiger partial charge in [0, 0.05) is 33.8 Å². The molecule has 0 radical (unpaired) electrons. The van der Waals surface area contributed by atoms with Gasteiger partial charge in [-0.25, -0.2) is 0 Å². The monoisotopic (exact) mass is 829 g/mol. The zero-order valence-corrected chi connectivity index (χ0v) is 36.6. The fourth-order valence-electron chi connectivity index (χ4n) is 11.6. The minimum atomic E-state index is -0.187. The zero-order valence-electron chi connectivity index (χ0n) is 36.6. The summed E-state index contributed by atoms with van der Waals surface area (Å²) in [6, 6.07) is 78.3. The second-order valence-electron chi connectivity index (χ2n) is 18.4. The van der Waals surface area contributed by atoms with E-state index in [0.717, 1.165) is 33.8 Å². The van der Waals surface area contributed by atoms with Gasteiger partial charge in [0.2, 0.25) is 6.71 Å². The van der Waals surface area contributed by atoms with Crippen LogP contribution in [0.2, 0.25) is 0 Å². The Hall–Kier alpha value is -7.88. The van der Waals surface area contributed by atoms with Gasteiger partial charge in [-0.3, -0.25) is 0 Å². The molecule has 3 heteroatoms. The normalized spacial score (nSPS) is 13.1. The molecule has 0 spiro atoms. The van der Waals surface area contributed by atoms with Crippen LogP contribution in [0, 0.1) is 6.92 Å². The van der Waals surface area contributed by atoms with E-state index in [1.165, 1.54) is 93.2 Å². The first kappa shape index (κ1) is 37.7. The van der Waals surface area contributed by atoms with Crippen molar-refractivity contribution in [1.29, 1.82) is 0 Å². The Labute approximate surface area is 380 Å². The predicted molar refractivity (Wildman–Crippen MR) is 276 cm³/mol. The summed E-state index contributed by atoms with van der Waals surface area (Å²) in [6.07, 6.45) is 0. The van der Waals surface area contributed by atoms with E-state index in [1.807, 2.05) is 0 Å². The van der Waals surface area contributed by atoms with Gasteiger partial charge in [0.15, 0.2) is 0 Å². The summed E-state index contributed by atoms with van der Waals surface area (Å²) in [5.41, 5.74) is 16.0. The maximum absolute atomic E-state index is 7.09. The van der Waals surface area contributed by atoms with Crippen LogP contribution in [0.1, 0.15) is 30.5 Å². The number of rotatable bonds is 6. The molecule has 13 rings (SSSR count). The lowest BCUT2D eigenvalue weighted by molar-refractivity contribution is 0.487. The number of hydrogen-bond donors (Lipinski definition) is 0. The van der Waals surface area contributed by atoms with Gasteiger partial charge in [0.25, 0.3) is 0 Å². The summed E-state index contributed by atoms with van der Waals surface area (Å²) in [6.45, 7) is 6.99. The van der Waals surface area contributed by atoms with Crippen molar-refractivity contribution < 1.29 is 4.74 Å². The number of para-hydroxylation sites is 1. The van der Waals surface area contributed by atoms with Crippen molar-refractivity contribution in [3.8, 4) is 33.8 Å². The highest BCUT2D eigenvalue weighted by atomic mass is 16.5. The Morgan fingerprint density at radius 2 is 1.08 bits per heavy atom. The number of nitrogens with zero attached hydrogens (tertiary/aromatic N) is 1. The number of ether oxygens (including phenoxy) is 1. The molecule has 1 heterocycles. The van der Waals surface area contributed by atoms with Gasteiger partial charge < -0.3 is 9.64 Å². The highest BCUT2D eigenvalue weighted by Gasteiger charge is 2.39. The molecule has 1 aliphatic heterocycles. The van der Waals surface area contributed by atoms with Crippen molar-refractivity contribution in [1.82, 2.24) is 0 Å². The van der Waals surface area contributed by atoms with E-state index in [4.69, 9.17) is 4.74 Å². The Balaban J connectivity index is 1.02. The van der Waals surface area contributed by atoms with Crippen LogP contribution in [-0.4, -0.2) is 6.71 Å². The molecular formula is C62H44BNO. The number of hydrogen-bond acceptors (Lipinski definition) is 2. The third-order valence-electron chi connectivity index (χ3n) is 14.5. The maximum atomic E-state index is 7.09. The molecule has 306 valence electrons. The van der Waals surface area contributed by atoms with E-state index in [1.54, 1.807) is 0 Å². The SMILES string of the molecule is Cc1ccccc1B(c1cccc2ccccc12)c1cc2c3cccc4c3c(cc2c2ccccc12)-c1ccc(N(c2ccccc2)c2cccc3c2C(C)(C)c2ccccc2-3)cc1O4. The van der Waals surface area contributed by atoms with Crippen molar-refractivity contribution in [2.75, 3.05) is 4.90 Å². The molecule has 2 aliphatic rings. The van der Waals surface area contributed by atoms with Gasteiger partial charge in [-0.2, -0.15) is 0 Å². The molecule has 2 nitrogen and oxygen atoms in total. The van der Waals surface area contributed by atoms with Crippen LogP contribution in [0.4, 0.5) is 17.1 Å². The zero-order chi connectivity index (χ0) is 43.4. The molecule has 0 saturated heterocycles. The topological polar surface area (TPSA) is 12.5 Å². The average molecular weight is 830 g/mol. The summed E-state index contributed by atoms with van der Waals surface area (Å²) >= 11 is 0. The molecule has 0 saturated carbocycles. The lowest BCUT2D eigenvalue weighted by Gasteiger charge is -2.33. The molecule has 0 atom stereocenters. The summed E-state index contributed by atoms with van der Waals surface area (Å²) in [5, 5.41) is 9.89. The summed E-state index contributed by atoms with van der Waals surface area (Å²) < 4.78 is 7.09. The minimum Gasteiger partial charge on any atom is -0.456 e. The van der Waals surface area contributed by atoms with Gasteiger partial charge in [0.1, 0.15) is 11.5 Å². The number of anilines is 3. The fourth-order valence-corrected chi connectivity index (χ4v) is 11.6. The Morgan fingerprint density at radius 3 is 1.95 bits per heavy atom. The maximum Gasteiger partial charge on any atom is 0.243 e. The highest BCUT2D eigenvalue weighted by molar-refractivity contribution is 6.98. The number of aryl methyl sites for hydroxylation is 1. The highest BCUT2D eigenvalue weighted by Crippen LogP contribution is 2.56. The molecule has 0 bridgehead atoms. The minimum absolute atomic E-state index is 0.0101. The van der Waals surface area contributed by atoms with E-state index in [2.05, 4.69) is 238 Å². The van der Waals surface area contributed by atoms with E-state index in [9.17, 15) is 0 Å². The molecule has 65 heavy (non-hydrogen) atoms. The third-order valence-corrected chi connectivity index (χ3v) is 14.5. The molecule has 0 aromatic heterocycles. The van der Waals surface area contributed by atoms with Crippen LogP contribution >= 0.6 is 0 Å². The van der Waals surface area contributed by atoms with Gasteiger partial charge in [-0.05, 0) is 115 Å². The summed E-state index contributed by atoms with van der Waals surface area (Å²) in [4.78, 5) is 2.42. The smallest absolute Gasteiger partial charge is 0.243 e. The Morgan fingerprint density at radius 1 is 0.415 bits per heavy atom. The number of benzene rings is 11. The lowest BCUT2D eigenvalue weighted by atomic mass is 9.35. The molecule has 1 aliphatic carbocycles. The Bertz CT molecular complexity index is 3750. The first-order valence-electron chi connectivity index (χ1n) is 22.8. The van der Waals surface area contributed by atoms with Gasteiger partial charge in [0.05, 0.1) is 5.69 Å². The van der Waals surface area contributed by atoms with E-state index >= 15 is 0 Å². The van der Waals surface area contributed by atoms with Crippen LogP contribution in [0.3, 0.4) is 0 Å². The van der Waals surface area contributed by atoms with Crippen molar-refractivity contribution in [3.05, 3.63) is 229 Å². The molecule has 0 unspecified atom stereocenters. The van der Waals surface area contributed by atoms with Gasteiger partial charge in [-0.1, -0.05) is 200 Å². The van der Waals surface area contributed by atoms with E-state index in [-0.39, 0.29) is 12.1 Å². The lowest BCUT2D eigenvalue weighted by Crippen LogP contribution is -2.53. The summed E-state index contributed by atoms with van der Waals surface area (Å²) in [5.74, 6) is 1.74. The van der Waals surface area contributed by atoms with Gasteiger partial charge in [-0.15, -0.1) is 0 Å².